The van der Waals surface area contributed by atoms with Crippen LogP contribution >= 0.6 is 12.2 Å². The van der Waals surface area contributed by atoms with Gasteiger partial charge in [0.25, 0.3) is 0 Å². The van der Waals surface area contributed by atoms with E-state index < -0.39 is 6.10 Å². The third-order valence-electron chi connectivity index (χ3n) is 3.13. The van der Waals surface area contributed by atoms with E-state index in [2.05, 4.69) is 6.92 Å². The quantitative estimate of drug-likeness (QED) is 0.402. The highest BCUT2D eigenvalue weighted by atomic mass is 32.1. The number of ether oxygens (including phenoxy) is 1. The Morgan fingerprint density at radius 1 is 1.00 bits per heavy atom. The van der Waals surface area contributed by atoms with Crippen LogP contribution in [0, 0.1) is 0 Å². The van der Waals surface area contributed by atoms with Crippen LogP contribution in [0.3, 0.4) is 0 Å². The molecule has 114 valence electrons. The number of unbranched alkanes of at least 4 members (excludes halogenated alkanes) is 8. The Morgan fingerprint density at radius 2 is 1.53 bits per heavy atom. The monoisotopic (exact) mass is 290 g/mol. The molecule has 0 heterocycles. The summed E-state index contributed by atoms with van der Waals surface area (Å²) in [4.78, 5) is 0. The molecule has 1 atom stereocenters. The van der Waals surface area contributed by atoms with Crippen LogP contribution in [-0.2, 0) is 4.74 Å². The van der Waals surface area contributed by atoms with Crippen molar-refractivity contribution in [1.82, 2.24) is 0 Å². The minimum atomic E-state index is -0.818. The number of hydrogen-bond acceptors (Lipinski definition) is 4. The topological polar surface area (TPSA) is 49.7 Å². The molecule has 0 unspecified atom stereocenters. The first-order valence-electron chi connectivity index (χ1n) is 7.65. The maximum absolute atomic E-state index is 9.10. The van der Waals surface area contributed by atoms with Crippen LogP contribution in [0.4, 0.5) is 0 Å². The van der Waals surface area contributed by atoms with Gasteiger partial charge in [-0.2, -0.15) is 0 Å². The van der Waals surface area contributed by atoms with Gasteiger partial charge in [0.1, 0.15) is 12.7 Å². The molecular weight excluding hydrogens is 260 g/mol. The summed E-state index contributed by atoms with van der Waals surface area (Å²) in [6, 6.07) is 0. The Bertz CT molecular complexity index is 210. The van der Waals surface area contributed by atoms with Gasteiger partial charge in [0, 0.05) is 6.42 Å². The van der Waals surface area contributed by atoms with Gasteiger partial charge in [0.2, 0.25) is 0 Å². The summed E-state index contributed by atoms with van der Waals surface area (Å²) in [6.07, 6.45) is 11.6. The number of aliphatic hydroxyl groups is 2. The maximum Gasteiger partial charge on any atom is 0.159 e. The summed E-state index contributed by atoms with van der Waals surface area (Å²) >= 11 is 5.05. The molecule has 0 aromatic carbocycles. The molecule has 0 fully saturated rings. The fourth-order valence-electron chi connectivity index (χ4n) is 1.89. The van der Waals surface area contributed by atoms with Gasteiger partial charge in [-0.25, -0.2) is 0 Å². The molecule has 4 heteroatoms. The number of rotatable bonds is 13. The molecule has 0 aromatic rings. The molecule has 0 radical (unpaired) electrons. The zero-order valence-corrected chi connectivity index (χ0v) is 13.1. The van der Waals surface area contributed by atoms with Gasteiger partial charge in [-0.3, -0.25) is 0 Å². The highest BCUT2D eigenvalue weighted by Crippen LogP contribution is 2.11. The summed E-state index contributed by atoms with van der Waals surface area (Å²) in [5.74, 6) is 0. The van der Waals surface area contributed by atoms with Crippen molar-refractivity contribution in [2.24, 2.45) is 0 Å². The smallest absolute Gasteiger partial charge is 0.159 e. The second-order valence-electron chi connectivity index (χ2n) is 5.10. The first-order valence-corrected chi connectivity index (χ1v) is 8.06. The predicted molar refractivity (Wildman–Crippen MR) is 83.5 cm³/mol. The minimum Gasteiger partial charge on any atom is -0.484 e. The molecule has 0 aliphatic rings. The second-order valence-corrected chi connectivity index (χ2v) is 5.55. The molecule has 0 amide bonds. The van der Waals surface area contributed by atoms with Gasteiger partial charge < -0.3 is 14.9 Å². The molecule has 0 saturated carbocycles. The molecule has 0 aromatic heterocycles. The largest absolute Gasteiger partial charge is 0.484 e. The fourth-order valence-corrected chi connectivity index (χ4v) is 2.11. The van der Waals surface area contributed by atoms with Crippen LogP contribution in [0.5, 0.6) is 0 Å². The first-order chi connectivity index (χ1) is 9.20. The van der Waals surface area contributed by atoms with Gasteiger partial charge in [-0.15, -0.1) is 0 Å². The summed E-state index contributed by atoms with van der Waals surface area (Å²) in [5, 5.41) is 18.3. The van der Waals surface area contributed by atoms with Crippen molar-refractivity contribution < 1.29 is 14.9 Å². The lowest BCUT2D eigenvalue weighted by molar-refractivity contribution is 0.0498. The van der Waals surface area contributed by atoms with Crippen molar-refractivity contribution in [3.8, 4) is 0 Å². The normalized spacial score (nSPS) is 12.4. The average molecular weight is 290 g/mol. The van der Waals surface area contributed by atoms with Crippen molar-refractivity contribution in [2.45, 2.75) is 77.2 Å². The Hall–Kier alpha value is -0.190. The summed E-state index contributed by atoms with van der Waals surface area (Å²) < 4.78 is 5.19. The molecular formula is C15H30O3S. The Morgan fingerprint density at radius 3 is 2.05 bits per heavy atom. The van der Waals surface area contributed by atoms with E-state index in [-0.39, 0.29) is 13.2 Å². The third-order valence-corrected chi connectivity index (χ3v) is 3.45. The Balaban J connectivity index is 3.18. The van der Waals surface area contributed by atoms with Gasteiger partial charge in [0.05, 0.1) is 6.61 Å². The molecule has 0 spiro atoms. The first kappa shape index (κ1) is 18.8. The van der Waals surface area contributed by atoms with E-state index >= 15 is 0 Å². The third kappa shape index (κ3) is 14.0. The molecule has 0 rings (SSSR count). The van der Waals surface area contributed by atoms with Crippen molar-refractivity contribution in [3.63, 3.8) is 0 Å². The summed E-state index contributed by atoms with van der Waals surface area (Å²) in [6.45, 7) is 2.07. The van der Waals surface area contributed by atoms with E-state index in [1.54, 1.807) is 0 Å². The van der Waals surface area contributed by atoms with Crippen LogP contribution in [-0.4, -0.2) is 34.6 Å². The van der Waals surface area contributed by atoms with Crippen LogP contribution in [0.2, 0.25) is 0 Å². The van der Waals surface area contributed by atoms with Gasteiger partial charge >= 0.3 is 0 Å². The number of aliphatic hydroxyl groups excluding tert-OH is 2. The standard InChI is InChI=1S/C15H30O3S/c1-2-3-4-5-6-7-8-9-10-11-15(19)18-13-14(17)12-16/h14,16-17H,2-13H2,1H3/t14-/m0/s1. The lowest BCUT2D eigenvalue weighted by Gasteiger charge is -2.10. The molecule has 2 N–H and O–H groups in total. The van der Waals surface area contributed by atoms with E-state index in [1.165, 1.54) is 51.4 Å². The van der Waals surface area contributed by atoms with Crippen LogP contribution in [0.1, 0.15) is 71.1 Å². The lowest BCUT2D eigenvalue weighted by atomic mass is 10.1. The van der Waals surface area contributed by atoms with Crippen molar-refractivity contribution in [1.29, 1.82) is 0 Å². The SMILES string of the molecule is CCCCCCCCCCCC(=S)OC[C@@H](O)CO. The molecule has 19 heavy (non-hydrogen) atoms. The second kappa shape index (κ2) is 14.2. The molecule has 0 saturated heterocycles. The van der Waals surface area contributed by atoms with Crippen LogP contribution in [0.15, 0.2) is 0 Å². The van der Waals surface area contributed by atoms with E-state index in [9.17, 15) is 0 Å². The van der Waals surface area contributed by atoms with Gasteiger partial charge in [-0.1, -0.05) is 58.3 Å². The van der Waals surface area contributed by atoms with E-state index in [4.69, 9.17) is 27.2 Å². The molecule has 0 aliphatic heterocycles. The summed E-state index contributed by atoms with van der Waals surface area (Å²) in [7, 11) is 0. The zero-order chi connectivity index (χ0) is 14.3. The highest BCUT2D eigenvalue weighted by Gasteiger charge is 2.04. The zero-order valence-electron chi connectivity index (χ0n) is 12.3. The molecule has 0 aliphatic carbocycles. The van der Waals surface area contributed by atoms with E-state index in [0.29, 0.717) is 5.05 Å². The predicted octanol–water partition coefficient (Wildman–Crippen LogP) is 3.60. The Kier molecular flexibility index (Phi) is 14.1. The van der Waals surface area contributed by atoms with Crippen molar-refractivity contribution in [2.75, 3.05) is 13.2 Å². The van der Waals surface area contributed by atoms with Crippen molar-refractivity contribution in [3.05, 3.63) is 0 Å². The van der Waals surface area contributed by atoms with Crippen molar-refractivity contribution >= 4 is 17.3 Å². The number of hydrogen-bond donors (Lipinski definition) is 2. The maximum atomic E-state index is 9.10. The number of thiocarbonyl (C=S) groups is 1. The average Bonchev–Trinajstić information content (AvgIpc) is 2.42. The van der Waals surface area contributed by atoms with Crippen LogP contribution in [0.25, 0.3) is 0 Å². The Labute approximate surface area is 123 Å². The van der Waals surface area contributed by atoms with Gasteiger partial charge in [0.15, 0.2) is 5.05 Å². The molecule has 3 nitrogen and oxygen atoms in total. The molecule has 0 bridgehead atoms. The minimum absolute atomic E-state index is 0.104. The van der Waals surface area contributed by atoms with E-state index in [1.807, 2.05) is 0 Å². The fraction of sp³-hybridized carbons (Fsp3) is 0.933. The lowest BCUT2D eigenvalue weighted by Crippen LogP contribution is -2.21. The van der Waals surface area contributed by atoms with Crippen LogP contribution < -0.4 is 0 Å². The van der Waals surface area contributed by atoms with E-state index in [0.717, 1.165) is 12.8 Å². The highest BCUT2D eigenvalue weighted by molar-refractivity contribution is 7.80. The van der Waals surface area contributed by atoms with Gasteiger partial charge in [-0.05, 0) is 18.6 Å². The summed E-state index contributed by atoms with van der Waals surface area (Å²) in [5.41, 5.74) is 0.